The molecule has 0 radical (unpaired) electrons. The van der Waals surface area contributed by atoms with Crippen LogP contribution < -0.4 is 10.1 Å². The highest BCUT2D eigenvalue weighted by Crippen LogP contribution is 2.14. The Hall–Kier alpha value is -1.51. The predicted octanol–water partition coefficient (Wildman–Crippen LogP) is 2.79. The van der Waals surface area contributed by atoms with Gasteiger partial charge in [-0.05, 0) is 37.5 Å². The van der Waals surface area contributed by atoms with E-state index in [2.05, 4.69) is 19.2 Å². The second kappa shape index (κ2) is 7.04. The molecule has 1 aromatic rings. The van der Waals surface area contributed by atoms with E-state index in [0.29, 0.717) is 12.3 Å². The molecule has 100 valence electrons. The zero-order chi connectivity index (χ0) is 13.5. The summed E-state index contributed by atoms with van der Waals surface area (Å²) in [5.74, 6) is 1.40. The third-order valence-corrected chi connectivity index (χ3v) is 2.37. The average Bonchev–Trinajstić information content (AvgIpc) is 2.28. The highest BCUT2D eigenvalue weighted by Gasteiger charge is 2.04. The quantitative estimate of drug-likeness (QED) is 0.842. The van der Waals surface area contributed by atoms with Gasteiger partial charge in [0.05, 0.1) is 12.5 Å². The smallest absolute Gasteiger partial charge is 0.224 e. The number of hydrogen-bond acceptors (Lipinski definition) is 2. The lowest BCUT2D eigenvalue weighted by Gasteiger charge is -2.10. The minimum absolute atomic E-state index is 0.0706. The van der Waals surface area contributed by atoms with Gasteiger partial charge in [0.2, 0.25) is 5.91 Å². The third kappa shape index (κ3) is 5.71. The molecule has 0 aromatic heterocycles. The molecule has 0 saturated heterocycles. The Labute approximate surface area is 110 Å². The van der Waals surface area contributed by atoms with Crippen molar-refractivity contribution in [2.24, 2.45) is 5.92 Å². The summed E-state index contributed by atoms with van der Waals surface area (Å²) in [6, 6.07) is 7.69. The van der Waals surface area contributed by atoms with E-state index in [4.69, 9.17) is 4.74 Å². The van der Waals surface area contributed by atoms with Gasteiger partial charge in [-0.1, -0.05) is 26.0 Å². The highest BCUT2D eigenvalue weighted by atomic mass is 16.5. The van der Waals surface area contributed by atoms with Gasteiger partial charge in [0.25, 0.3) is 0 Å². The molecule has 0 unspecified atom stereocenters. The van der Waals surface area contributed by atoms with Crippen molar-refractivity contribution in [1.29, 1.82) is 0 Å². The summed E-state index contributed by atoms with van der Waals surface area (Å²) >= 11 is 0. The molecule has 0 spiro atoms. The third-order valence-electron chi connectivity index (χ3n) is 2.37. The largest absolute Gasteiger partial charge is 0.491 e. The van der Waals surface area contributed by atoms with E-state index >= 15 is 0 Å². The van der Waals surface area contributed by atoms with Crippen LogP contribution in [0.2, 0.25) is 0 Å². The van der Waals surface area contributed by atoms with Crippen LogP contribution in [0.3, 0.4) is 0 Å². The lowest BCUT2D eigenvalue weighted by Crippen LogP contribution is -2.28. The standard InChI is InChI=1S/C15H23NO2/c1-11(2)10-16-15(17)9-13-5-7-14(8-6-13)18-12(3)4/h5-8,11-12H,9-10H2,1-4H3,(H,16,17). The van der Waals surface area contributed by atoms with E-state index in [1.165, 1.54) is 0 Å². The van der Waals surface area contributed by atoms with E-state index in [1.807, 2.05) is 38.1 Å². The van der Waals surface area contributed by atoms with Crippen molar-refractivity contribution in [2.45, 2.75) is 40.2 Å². The first-order chi connectivity index (χ1) is 8.47. The van der Waals surface area contributed by atoms with Crippen molar-refractivity contribution in [3.05, 3.63) is 29.8 Å². The maximum absolute atomic E-state index is 11.6. The Morgan fingerprint density at radius 3 is 2.28 bits per heavy atom. The van der Waals surface area contributed by atoms with Crippen LogP contribution in [0.1, 0.15) is 33.3 Å². The summed E-state index contributed by atoms with van der Waals surface area (Å²) in [4.78, 5) is 11.6. The van der Waals surface area contributed by atoms with E-state index in [9.17, 15) is 4.79 Å². The second-order valence-electron chi connectivity index (χ2n) is 5.19. The maximum atomic E-state index is 11.6. The van der Waals surface area contributed by atoms with Crippen LogP contribution >= 0.6 is 0 Å². The molecule has 18 heavy (non-hydrogen) atoms. The van der Waals surface area contributed by atoms with Gasteiger partial charge in [0, 0.05) is 6.54 Å². The number of carbonyl (C=O) groups excluding carboxylic acids is 1. The second-order valence-corrected chi connectivity index (χ2v) is 5.19. The van der Waals surface area contributed by atoms with Crippen LogP contribution in [-0.4, -0.2) is 18.6 Å². The molecule has 3 heteroatoms. The van der Waals surface area contributed by atoms with E-state index < -0.39 is 0 Å². The van der Waals surface area contributed by atoms with Crippen molar-refractivity contribution < 1.29 is 9.53 Å². The minimum Gasteiger partial charge on any atom is -0.491 e. The molecule has 0 heterocycles. The molecule has 0 aliphatic rings. The molecule has 0 atom stereocenters. The van der Waals surface area contributed by atoms with Gasteiger partial charge in [0.15, 0.2) is 0 Å². The number of rotatable bonds is 6. The maximum Gasteiger partial charge on any atom is 0.224 e. The fourth-order valence-electron chi connectivity index (χ4n) is 1.52. The molecule has 0 fully saturated rings. The molecule has 1 rings (SSSR count). The fraction of sp³-hybridized carbons (Fsp3) is 0.533. The zero-order valence-corrected chi connectivity index (χ0v) is 11.7. The van der Waals surface area contributed by atoms with Crippen LogP contribution in [0.25, 0.3) is 0 Å². The van der Waals surface area contributed by atoms with Gasteiger partial charge in [-0.25, -0.2) is 0 Å². The van der Waals surface area contributed by atoms with Crippen LogP contribution in [-0.2, 0) is 11.2 Å². The molecule has 0 saturated carbocycles. The van der Waals surface area contributed by atoms with E-state index in [1.54, 1.807) is 0 Å². The summed E-state index contributed by atoms with van der Waals surface area (Å²) in [6.07, 6.45) is 0.597. The Kier molecular flexibility index (Phi) is 5.69. The van der Waals surface area contributed by atoms with Gasteiger partial charge < -0.3 is 10.1 Å². The summed E-state index contributed by atoms with van der Waals surface area (Å²) < 4.78 is 5.55. The Morgan fingerprint density at radius 2 is 1.78 bits per heavy atom. The first-order valence-corrected chi connectivity index (χ1v) is 6.49. The monoisotopic (exact) mass is 249 g/mol. The van der Waals surface area contributed by atoms with Crippen LogP contribution in [0.15, 0.2) is 24.3 Å². The van der Waals surface area contributed by atoms with Gasteiger partial charge in [-0.2, -0.15) is 0 Å². The molecule has 1 amide bonds. The fourth-order valence-corrected chi connectivity index (χ4v) is 1.52. The highest BCUT2D eigenvalue weighted by molar-refractivity contribution is 5.78. The number of carbonyl (C=O) groups is 1. The predicted molar refractivity (Wildman–Crippen MR) is 73.8 cm³/mol. The van der Waals surface area contributed by atoms with Gasteiger partial charge >= 0.3 is 0 Å². The summed E-state index contributed by atoms with van der Waals surface area (Å²) in [5, 5.41) is 2.91. The molecule has 0 aliphatic carbocycles. The first kappa shape index (κ1) is 14.6. The molecular formula is C15H23NO2. The number of ether oxygens (including phenoxy) is 1. The molecular weight excluding hydrogens is 226 g/mol. The SMILES string of the molecule is CC(C)CNC(=O)Cc1ccc(OC(C)C)cc1. The van der Waals surface area contributed by atoms with Crippen LogP contribution in [0.5, 0.6) is 5.75 Å². The number of nitrogens with one attached hydrogen (secondary N) is 1. The molecule has 3 nitrogen and oxygen atoms in total. The van der Waals surface area contributed by atoms with Crippen molar-refractivity contribution in [3.8, 4) is 5.75 Å². The van der Waals surface area contributed by atoms with Crippen LogP contribution in [0.4, 0.5) is 0 Å². The van der Waals surface area contributed by atoms with Gasteiger partial charge in [-0.3, -0.25) is 4.79 Å². The molecule has 0 bridgehead atoms. The Bertz CT molecular complexity index is 369. The van der Waals surface area contributed by atoms with Crippen molar-refractivity contribution >= 4 is 5.91 Å². The molecule has 1 aromatic carbocycles. The van der Waals surface area contributed by atoms with Crippen LogP contribution in [0, 0.1) is 5.92 Å². The van der Waals surface area contributed by atoms with E-state index in [0.717, 1.165) is 17.9 Å². The lowest BCUT2D eigenvalue weighted by atomic mass is 10.1. The van der Waals surface area contributed by atoms with Gasteiger partial charge in [0.1, 0.15) is 5.75 Å². The Balaban J connectivity index is 2.45. The van der Waals surface area contributed by atoms with E-state index in [-0.39, 0.29) is 12.0 Å². The lowest BCUT2D eigenvalue weighted by molar-refractivity contribution is -0.120. The number of benzene rings is 1. The topological polar surface area (TPSA) is 38.3 Å². The zero-order valence-electron chi connectivity index (χ0n) is 11.7. The van der Waals surface area contributed by atoms with Crippen molar-refractivity contribution in [3.63, 3.8) is 0 Å². The number of hydrogen-bond donors (Lipinski definition) is 1. The normalized spacial score (nSPS) is 10.8. The Morgan fingerprint density at radius 1 is 1.17 bits per heavy atom. The minimum atomic E-state index is 0.0706. The van der Waals surface area contributed by atoms with Crippen molar-refractivity contribution in [1.82, 2.24) is 5.32 Å². The van der Waals surface area contributed by atoms with Crippen molar-refractivity contribution in [2.75, 3.05) is 6.54 Å². The first-order valence-electron chi connectivity index (χ1n) is 6.49. The summed E-state index contributed by atoms with van der Waals surface area (Å²) in [6.45, 7) is 8.88. The summed E-state index contributed by atoms with van der Waals surface area (Å²) in [7, 11) is 0. The molecule has 0 aliphatic heterocycles. The number of amides is 1. The van der Waals surface area contributed by atoms with Gasteiger partial charge in [-0.15, -0.1) is 0 Å². The molecule has 1 N–H and O–H groups in total. The average molecular weight is 249 g/mol. The summed E-state index contributed by atoms with van der Waals surface area (Å²) in [5.41, 5.74) is 1.01.